The molecule has 0 unspecified atom stereocenters. The Morgan fingerprint density at radius 2 is 1.75 bits per heavy atom. The standard InChI is InChI=1S/C21H28N2O4S/c1-14-11-12-15(2)19(13-14)23(28(6,25)26)17(4)21(24)22-16(3)18-9-7-8-10-20(18)27-5/h7-13,16-17H,1-6H3,(H,22,24)/t16-,17-/m0/s1. The molecule has 7 heteroatoms. The summed E-state index contributed by atoms with van der Waals surface area (Å²) < 4.78 is 31.6. The lowest BCUT2D eigenvalue weighted by atomic mass is 10.1. The molecule has 0 aromatic heterocycles. The zero-order valence-electron chi connectivity index (χ0n) is 17.2. The van der Waals surface area contributed by atoms with Crippen molar-refractivity contribution in [2.75, 3.05) is 17.7 Å². The van der Waals surface area contributed by atoms with E-state index in [2.05, 4.69) is 5.32 Å². The van der Waals surface area contributed by atoms with Crippen LogP contribution in [0.3, 0.4) is 0 Å². The fraction of sp³-hybridized carbons (Fsp3) is 0.381. The number of carbonyl (C=O) groups excluding carboxylic acids is 1. The van der Waals surface area contributed by atoms with Gasteiger partial charge in [-0.3, -0.25) is 9.10 Å². The van der Waals surface area contributed by atoms with Gasteiger partial charge in [0.2, 0.25) is 15.9 Å². The maximum absolute atomic E-state index is 12.9. The van der Waals surface area contributed by atoms with Gasteiger partial charge in [0.05, 0.1) is 25.1 Å². The van der Waals surface area contributed by atoms with Crippen molar-refractivity contribution in [2.24, 2.45) is 0 Å². The van der Waals surface area contributed by atoms with Crippen LogP contribution in [0.1, 0.15) is 36.6 Å². The van der Waals surface area contributed by atoms with Crippen molar-refractivity contribution in [3.63, 3.8) is 0 Å². The Labute approximate surface area is 167 Å². The zero-order valence-corrected chi connectivity index (χ0v) is 18.0. The Bertz CT molecular complexity index is 957. The van der Waals surface area contributed by atoms with Crippen LogP contribution in [0.25, 0.3) is 0 Å². The maximum atomic E-state index is 12.9. The highest BCUT2D eigenvalue weighted by molar-refractivity contribution is 7.92. The minimum Gasteiger partial charge on any atom is -0.496 e. The van der Waals surface area contributed by atoms with Crippen molar-refractivity contribution in [2.45, 2.75) is 39.8 Å². The third-order valence-electron chi connectivity index (χ3n) is 4.65. The minimum atomic E-state index is -3.67. The molecular formula is C21H28N2O4S. The Morgan fingerprint density at radius 3 is 2.36 bits per heavy atom. The number of hydrogen-bond donors (Lipinski definition) is 1. The lowest BCUT2D eigenvalue weighted by Gasteiger charge is -2.30. The Balaban J connectivity index is 2.33. The third-order valence-corrected chi connectivity index (χ3v) is 5.88. The van der Waals surface area contributed by atoms with Gasteiger partial charge in [-0.2, -0.15) is 0 Å². The summed E-state index contributed by atoms with van der Waals surface area (Å²) in [5, 5.41) is 2.90. The molecule has 0 spiro atoms. The normalized spacial score (nSPS) is 13.5. The average molecular weight is 405 g/mol. The van der Waals surface area contributed by atoms with E-state index in [1.165, 1.54) is 4.31 Å². The summed E-state index contributed by atoms with van der Waals surface area (Å²) in [5.41, 5.74) is 3.04. The molecule has 1 amide bonds. The van der Waals surface area contributed by atoms with Crippen LogP contribution in [0.4, 0.5) is 5.69 Å². The summed E-state index contributed by atoms with van der Waals surface area (Å²) in [6.45, 7) is 7.14. The van der Waals surface area contributed by atoms with E-state index in [9.17, 15) is 13.2 Å². The smallest absolute Gasteiger partial charge is 0.244 e. The number of rotatable bonds is 7. The molecule has 28 heavy (non-hydrogen) atoms. The van der Waals surface area contributed by atoms with Crippen LogP contribution < -0.4 is 14.4 Å². The van der Waals surface area contributed by atoms with Crippen LogP contribution in [0.5, 0.6) is 5.75 Å². The molecule has 152 valence electrons. The van der Waals surface area contributed by atoms with Gasteiger partial charge in [-0.1, -0.05) is 30.3 Å². The predicted octanol–water partition coefficient (Wildman–Crippen LogP) is 3.34. The van der Waals surface area contributed by atoms with Gasteiger partial charge in [0.1, 0.15) is 11.8 Å². The first-order valence-corrected chi connectivity index (χ1v) is 10.9. The Hall–Kier alpha value is -2.54. The highest BCUT2D eigenvalue weighted by Gasteiger charge is 2.31. The summed E-state index contributed by atoms with van der Waals surface area (Å²) in [6.07, 6.45) is 1.11. The average Bonchev–Trinajstić information content (AvgIpc) is 2.63. The van der Waals surface area contributed by atoms with Crippen molar-refractivity contribution < 1.29 is 17.9 Å². The van der Waals surface area contributed by atoms with Crippen molar-refractivity contribution in [3.05, 3.63) is 59.2 Å². The number of hydrogen-bond acceptors (Lipinski definition) is 4. The SMILES string of the molecule is COc1ccccc1[C@H](C)NC(=O)[C@H](C)N(c1cc(C)ccc1C)S(C)(=O)=O. The van der Waals surface area contributed by atoms with Gasteiger partial charge >= 0.3 is 0 Å². The molecule has 0 saturated heterocycles. The van der Waals surface area contributed by atoms with Gasteiger partial charge in [0.25, 0.3) is 0 Å². The van der Waals surface area contributed by atoms with E-state index in [1.54, 1.807) is 20.1 Å². The first kappa shape index (κ1) is 21.8. The van der Waals surface area contributed by atoms with Gasteiger partial charge in [-0.05, 0) is 51.0 Å². The van der Waals surface area contributed by atoms with Crippen molar-refractivity contribution in [3.8, 4) is 5.75 Å². The van der Waals surface area contributed by atoms with Crippen LogP contribution in [-0.4, -0.2) is 33.7 Å². The fourth-order valence-corrected chi connectivity index (χ4v) is 4.40. The minimum absolute atomic E-state index is 0.342. The number of nitrogens with zero attached hydrogens (tertiary/aromatic N) is 1. The van der Waals surface area contributed by atoms with Gasteiger partial charge in [0.15, 0.2) is 0 Å². The quantitative estimate of drug-likeness (QED) is 0.768. The lowest BCUT2D eigenvalue weighted by Crippen LogP contribution is -2.48. The van der Waals surface area contributed by atoms with E-state index in [4.69, 9.17) is 4.74 Å². The topological polar surface area (TPSA) is 75.7 Å². The number of carbonyl (C=O) groups is 1. The van der Waals surface area contributed by atoms with Gasteiger partial charge in [-0.25, -0.2) is 8.42 Å². The van der Waals surface area contributed by atoms with Crippen molar-refractivity contribution in [1.29, 1.82) is 0 Å². The number of ether oxygens (including phenoxy) is 1. The fourth-order valence-electron chi connectivity index (χ4n) is 3.17. The summed E-state index contributed by atoms with van der Waals surface area (Å²) in [5.74, 6) is 0.280. The number of anilines is 1. The van der Waals surface area contributed by atoms with Gasteiger partial charge in [-0.15, -0.1) is 0 Å². The van der Waals surface area contributed by atoms with E-state index in [0.29, 0.717) is 11.4 Å². The molecule has 0 bridgehead atoms. The molecule has 2 atom stereocenters. The van der Waals surface area contributed by atoms with E-state index < -0.39 is 16.1 Å². The molecule has 6 nitrogen and oxygen atoms in total. The molecule has 0 aliphatic heterocycles. The summed E-state index contributed by atoms with van der Waals surface area (Å²) in [7, 11) is -2.10. The zero-order chi connectivity index (χ0) is 21.1. The number of nitrogens with one attached hydrogen (secondary N) is 1. The number of aryl methyl sites for hydroxylation is 2. The second-order valence-corrected chi connectivity index (χ2v) is 8.86. The third kappa shape index (κ3) is 4.84. The molecule has 0 radical (unpaired) electrons. The highest BCUT2D eigenvalue weighted by atomic mass is 32.2. The van der Waals surface area contributed by atoms with Gasteiger partial charge in [0, 0.05) is 5.56 Å². The van der Waals surface area contributed by atoms with Crippen LogP contribution in [0.15, 0.2) is 42.5 Å². The van der Waals surface area contributed by atoms with E-state index in [1.807, 2.05) is 57.2 Å². The van der Waals surface area contributed by atoms with Gasteiger partial charge < -0.3 is 10.1 Å². The molecule has 2 aromatic rings. The van der Waals surface area contributed by atoms with E-state index >= 15 is 0 Å². The number of methoxy groups -OCH3 is 1. The number of amides is 1. The molecule has 1 N–H and O–H groups in total. The van der Waals surface area contributed by atoms with Crippen LogP contribution >= 0.6 is 0 Å². The lowest BCUT2D eigenvalue weighted by molar-refractivity contribution is -0.122. The number of benzene rings is 2. The predicted molar refractivity (Wildman–Crippen MR) is 112 cm³/mol. The maximum Gasteiger partial charge on any atom is 0.244 e. The molecule has 2 aromatic carbocycles. The number of sulfonamides is 1. The van der Waals surface area contributed by atoms with E-state index in [-0.39, 0.29) is 11.9 Å². The molecule has 0 saturated carbocycles. The first-order chi connectivity index (χ1) is 13.1. The first-order valence-electron chi connectivity index (χ1n) is 9.06. The molecular weight excluding hydrogens is 376 g/mol. The van der Waals surface area contributed by atoms with Crippen LogP contribution in [0, 0.1) is 13.8 Å². The second-order valence-electron chi connectivity index (χ2n) is 7.00. The van der Waals surface area contributed by atoms with Crippen molar-refractivity contribution >= 4 is 21.6 Å². The van der Waals surface area contributed by atoms with Crippen molar-refractivity contribution in [1.82, 2.24) is 5.32 Å². The Kier molecular flexibility index (Phi) is 6.72. The Morgan fingerprint density at radius 1 is 1.11 bits per heavy atom. The summed E-state index contributed by atoms with van der Waals surface area (Å²) in [4.78, 5) is 12.9. The largest absolute Gasteiger partial charge is 0.496 e. The molecule has 0 fully saturated rings. The van der Waals surface area contributed by atoms with Crippen LogP contribution in [-0.2, 0) is 14.8 Å². The summed E-state index contributed by atoms with van der Waals surface area (Å²) >= 11 is 0. The van der Waals surface area contributed by atoms with E-state index in [0.717, 1.165) is 22.9 Å². The second kappa shape index (κ2) is 8.65. The molecule has 0 heterocycles. The molecule has 0 aliphatic rings. The highest BCUT2D eigenvalue weighted by Crippen LogP contribution is 2.28. The summed E-state index contributed by atoms with van der Waals surface area (Å²) in [6, 6.07) is 11.7. The van der Waals surface area contributed by atoms with Crippen LogP contribution in [0.2, 0.25) is 0 Å². The molecule has 2 rings (SSSR count). The molecule has 0 aliphatic carbocycles. The number of para-hydroxylation sites is 1. The monoisotopic (exact) mass is 404 g/mol.